The molecule has 3 rings (SSSR count). The molecule has 1 amide bonds. The smallest absolute Gasteiger partial charge is 0.244 e. The van der Waals surface area contributed by atoms with Gasteiger partial charge in [-0.05, 0) is 25.1 Å². The van der Waals surface area contributed by atoms with Crippen LogP contribution < -0.4 is 5.32 Å². The zero-order valence-corrected chi connectivity index (χ0v) is 14.3. The van der Waals surface area contributed by atoms with E-state index in [9.17, 15) is 4.79 Å². The van der Waals surface area contributed by atoms with Crippen LogP contribution in [0.4, 0.5) is 0 Å². The lowest BCUT2D eigenvalue weighted by Crippen LogP contribution is -2.24. The highest BCUT2D eigenvalue weighted by Gasteiger charge is 2.10. The van der Waals surface area contributed by atoms with Gasteiger partial charge in [0, 0.05) is 31.7 Å². The minimum Gasteiger partial charge on any atom is -0.462 e. The number of aromatic nitrogens is 3. The fourth-order valence-electron chi connectivity index (χ4n) is 2.48. The molecule has 1 N–H and O–H groups in total. The Morgan fingerprint density at radius 1 is 1.20 bits per heavy atom. The van der Waals surface area contributed by atoms with Gasteiger partial charge in [-0.15, -0.1) is 10.2 Å². The summed E-state index contributed by atoms with van der Waals surface area (Å²) in [5.74, 6) is 2.95. The molecule has 0 aliphatic rings. The Kier molecular flexibility index (Phi) is 5.09. The molecular formula is C19H20N4O2. The molecule has 0 bridgehead atoms. The van der Waals surface area contributed by atoms with Crippen molar-refractivity contribution in [2.45, 2.75) is 13.3 Å². The van der Waals surface area contributed by atoms with Crippen LogP contribution in [0.15, 0.2) is 53.0 Å². The van der Waals surface area contributed by atoms with E-state index in [1.807, 2.05) is 61.0 Å². The third-order valence-electron chi connectivity index (χ3n) is 3.80. The summed E-state index contributed by atoms with van der Waals surface area (Å²) < 4.78 is 7.33. The summed E-state index contributed by atoms with van der Waals surface area (Å²) in [5.41, 5.74) is 1.02. The second kappa shape index (κ2) is 7.61. The van der Waals surface area contributed by atoms with E-state index in [1.54, 1.807) is 6.08 Å². The summed E-state index contributed by atoms with van der Waals surface area (Å²) in [6.45, 7) is 2.35. The number of furan rings is 1. The SMILES string of the molecule is Cc1ccc(C=CC(=O)NCCc2nnc(-c3ccccc3)n2C)o1. The van der Waals surface area contributed by atoms with E-state index in [0.717, 1.165) is 23.0 Å². The first-order valence-corrected chi connectivity index (χ1v) is 8.09. The molecule has 2 heterocycles. The highest BCUT2D eigenvalue weighted by Crippen LogP contribution is 2.16. The van der Waals surface area contributed by atoms with Gasteiger partial charge in [-0.25, -0.2) is 0 Å². The van der Waals surface area contributed by atoms with Crippen LogP contribution in [0.1, 0.15) is 17.3 Å². The molecule has 0 saturated carbocycles. The van der Waals surface area contributed by atoms with Gasteiger partial charge in [0.2, 0.25) is 5.91 Å². The van der Waals surface area contributed by atoms with Crippen molar-refractivity contribution < 1.29 is 9.21 Å². The minimum atomic E-state index is -0.167. The standard InChI is InChI=1S/C19H20N4O2/c1-14-8-9-16(25-14)10-11-18(24)20-13-12-17-21-22-19(23(17)2)15-6-4-3-5-7-15/h3-11H,12-13H2,1-2H3,(H,20,24). The molecule has 0 aliphatic heterocycles. The molecule has 0 saturated heterocycles. The Morgan fingerprint density at radius 2 is 2.00 bits per heavy atom. The molecule has 3 aromatic rings. The molecule has 6 heteroatoms. The average Bonchev–Trinajstić information content (AvgIpc) is 3.20. The van der Waals surface area contributed by atoms with Crippen LogP contribution in [0.25, 0.3) is 17.5 Å². The van der Waals surface area contributed by atoms with Crippen molar-refractivity contribution in [2.24, 2.45) is 7.05 Å². The second-order valence-electron chi connectivity index (χ2n) is 5.69. The predicted molar refractivity (Wildman–Crippen MR) is 95.6 cm³/mol. The molecule has 0 atom stereocenters. The van der Waals surface area contributed by atoms with Crippen LogP contribution in [-0.4, -0.2) is 27.2 Å². The van der Waals surface area contributed by atoms with Gasteiger partial charge >= 0.3 is 0 Å². The zero-order chi connectivity index (χ0) is 17.6. The highest BCUT2D eigenvalue weighted by atomic mass is 16.3. The first kappa shape index (κ1) is 16.7. The molecule has 25 heavy (non-hydrogen) atoms. The maximum atomic E-state index is 11.8. The predicted octanol–water partition coefficient (Wildman–Crippen LogP) is 2.76. The molecule has 0 unspecified atom stereocenters. The Morgan fingerprint density at radius 3 is 2.72 bits per heavy atom. The number of aryl methyl sites for hydroxylation is 1. The van der Waals surface area contributed by atoms with E-state index in [0.29, 0.717) is 18.7 Å². The monoisotopic (exact) mass is 336 g/mol. The lowest BCUT2D eigenvalue weighted by molar-refractivity contribution is -0.116. The first-order valence-electron chi connectivity index (χ1n) is 8.09. The van der Waals surface area contributed by atoms with Crippen LogP contribution in [-0.2, 0) is 18.3 Å². The number of carbonyl (C=O) groups excluding carboxylic acids is 1. The molecule has 0 aliphatic carbocycles. The van der Waals surface area contributed by atoms with E-state index in [1.165, 1.54) is 6.08 Å². The van der Waals surface area contributed by atoms with Crippen molar-refractivity contribution in [1.29, 1.82) is 0 Å². The maximum Gasteiger partial charge on any atom is 0.244 e. The fourth-order valence-corrected chi connectivity index (χ4v) is 2.48. The number of rotatable bonds is 6. The highest BCUT2D eigenvalue weighted by molar-refractivity contribution is 5.91. The quantitative estimate of drug-likeness (QED) is 0.703. The Balaban J connectivity index is 1.53. The van der Waals surface area contributed by atoms with Crippen molar-refractivity contribution in [3.8, 4) is 11.4 Å². The Hall–Kier alpha value is -3.15. The molecule has 0 radical (unpaired) electrons. The van der Waals surface area contributed by atoms with Crippen LogP contribution in [0.3, 0.4) is 0 Å². The average molecular weight is 336 g/mol. The summed E-state index contributed by atoms with van der Waals surface area (Å²) in [6.07, 6.45) is 3.72. The number of nitrogens with one attached hydrogen (secondary N) is 1. The van der Waals surface area contributed by atoms with Crippen molar-refractivity contribution in [2.75, 3.05) is 6.54 Å². The topological polar surface area (TPSA) is 73.0 Å². The second-order valence-corrected chi connectivity index (χ2v) is 5.69. The Bertz CT molecular complexity index is 878. The minimum absolute atomic E-state index is 0.167. The molecule has 0 fully saturated rings. The normalized spacial score (nSPS) is 11.1. The van der Waals surface area contributed by atoms with Crippen molar-refractivity contribution in [3.63, 3.8) is 0 Å². The van der Waals surface area contributed by atoms with E-state index in [2.05, 4.69) is 15.5 Å². The number of hydrogen-bond acceptors (Lipinski definition) is 4. The fraction of sp³-hybridized carbons (Fsp3) is 0.211. The van der Waals surface area contributed by atoms with Crippen LogP contribution in [0.5, 0.6) is 0 Å². The summed E-state index contributed by atoms with van der Waals surface area (Å²) in [5, 5.41) is 11.3. The van der Waals surface area contributed by atoms with Crippen LogP contribution in [0.2, 0.25) is 0 Å². The van der Waals surface area contributed by atoms with Gasteiger partial charge in [0.05, 0.1) is 0 Å². The summed E-state index contributed by atoms with van der Waals surface area (Å²) in [6, 6.07) is 13.6. The third-order valence-corrected chi connectivity index (χ3v) is 3.80. The zero-order valence-electron chi connectivity index (χ0n) is 14.3. The van der Waals surface area contributed by atoms with Gasteiger partial charge in [0.1, 0.15) is 17.3 Å². The summed E-state index contributed by atoms with van der Waals surface area (Å²) in [4.78, 5) is 11.8. The number of benzene rings is 1. The largest absolute Gasteiger partial charge is 0.462 e. The Labute approximate surface area is 146 Å². The molecule has 128 valence electrons. The van der Waals surface area contributed by atoms with Crippen molar-refractivity contribution in [1.82, 2.24) is 20.1 Å². The molecule has 0 spiro atoms. The van der Waals surface area contributed by atoms with Gasteiger partial charge < -0.3 is 14.3 Å². The maximum absolute atomic E-state index is 11.8. The van der Waals surface area contributed by atoms with Gasteiger partial charge in [0.25, 0.3) is 0 Å². The van der Waals surface area contributed by atoms with Gasteiger partial charge in [-0.1, -0.05) is 30.3 Å². The molecule has 6 nitrogen and oxygen atoms in total. The lowest BCUT2D eigenvalue weighted by Gasteiger charge is -2.04. The molecule has 1 aromatic carbocycles. The number of hydrogen-bond donors (Lipinski definition) is 1. The number of amides is 1. The van der Waals surface area contributed by atoms with E-state index >= 15 is 0 Å². The number of nitrogens with zero attached hydrogens (tertiary/aromatic N) is 3. The van der Waals surface area contributed by atoms with Gasteiger partial charge in [-0.3, -0.25) is 4.79 Å². The van der Waals surface area contributed by atoms with E-state index < -0.39 is 0 Å². The van der Waals surface area contributed by atoms with E-state index in [4.69, 9.17) is 4.42 Å². The third kappa shape index (κ3) is 4.23. The molecular weight excluding hydrogens is 316 g/mol. The lowest BCUT2D eigenvalue weighted by atomic mass is 10.2. The van der Waals surface area contributed by atoms with Crippen molar-refractivity contribution in [3.05, 3.63) is 65.9 Å². The first-order chi connectivity index (χ1) is 12.1. The number of carbonyl (C=O) groups is 1. The van der Waals surface area contributed by atoms with Gasteiger partial charge in [0.15, 0.2) is 5.82 Å². The van der Waals surface area contributed by atoms with Crippen LogP contribution in [0, 0.1) is 6.92 Å². The van der Waals surface area contributed by atoms with Crippen LogP contribution >= 0.6 is 0 Å². The van der Waals surface area contributed by atoms with Crippen molar-refractivity contribution >= 4 is 12.0 Å². The van der Waals surface area contributed by atoms with E-state index in [-0.39, 0.29) is 5.91 Å². The summed E-state index contributed by atoms with van der Waals surface area (Å²) in [7, 11) is 1.93. The summed E-state index contributed by atoms with van der Waals surface area (Å²) >= 11 is 0. The molecule has 2 aromatic heterocycles. The van der Waals surface area contributed by atoms with Gasteiger partial charge in [-0.2, -0.15) is 0 Å².